The number of sulfonamides is 1. The molecule has 0 aromatic heterocycles. The predicted molar refractivity (Wildman–Crippen MR) is 75.1 cm³/mol. The Hall–Kier alpha value is -1.40. The molecule has 0 spiro atoms. The van der Waals surface area contributed by atoms with Gasteiger partial charge in [0.2, 0.25) is 15.9 Å². The zero-order valence-corrected chi connectivity index (χ0v) is 12.3. The first-order chi connectivity index (χ1) is 8.84. The number of amides is 1. The second kappa shape index (κ2) is 6.68. The minimum Gasteiger partial charge on any atom is -0.351 e. The van der Waals surface area contributed by atoms with Gasteiger partial charge in [-0.1, -0.05) is 31.2 Å². The highest BCUT2D eigenvalue weighted by atomic mass is 32.2. The maximum Gasteiger partial charge on any atom is 0.235 e. The Balaban J connectivity index is 2.55. The second-order valence-electron chi connectivity index (χ2n) is 4.42. The molecular formula is C13H20N2O3S. The molecule has 6 heteroatoms. The number of rotatable bonds is 6. The van der Waals surface area contributed by atoms with Crippen LogP contribution in [0.1, 0.15) is 18.1 Å². The van der Waals surface area contributed by atoms with Crippen molar-refractivity contribution >= 4 is 15.9 Å². The number of hydrogen-bond donors (Lipinski definition) is 1. The van der Waals surface area contributed by atoms with E-state index in [1.165, 1.54) is 12.6 Å². The van der Waals surface area contributed by atoms with E-state index in [0.717, 1.165) is 22.5 Å². The summed E-state index contributed by atoms with van der Waals surface area (Å²) < 4.78 is 23.4. The van der Waals surface area contributed by atoms with Crippen molar-refractivity contribution in [2.45, 2.75) is 19.9 Å². The van der Waals surface area contributed by atoms with Crippen molar-refractivity contribution in [2.24, 2.45) is 0 Å². The topological polar surface area (TPSA) is 66.5 Å². The molecule has 1 aromatic carbocycles. The maximum atomic E-state index is 11.7. The molecule has 0 fully saturated rings. The molecule has 0 aliphatic heterocycles. The van der Waals surface area contributed by atoms with Gasteiger partial charge >= 0.3 is 0 Å². The molecule has 0 heterocycles. The number of hydrogen-bond acceptors (Lipinski definition) is 3. The summed E-state index contributed by atoms with van der Waals surface area (Å²) in [6, 6.07) is 7.86. The van der Waals surface area contributed by atoms with Crippen LogP contribution in [0.2, 0.25) is 0 Å². The van der Waals surface area contributed by atoms with Gasteiger partial charge in [-0.05, 0) is 17.5 Å². The highest BCUT2D eigenvalue weighted by Crippen LogP contribution is 2.08. The van der Waals surface area contributed by atoms with Gasteiger partial charge in [0.15, 0.2) is 0 Å². The van der Waals surface area contributed by atoms with Crippen LogP contribution < -0.4 is 5.32 Å². The second-order valence-corrected chi connectivity index (χ2v) is 6.51. The fourth-order valence-electron chi connectivity index (χ4n) is 1.64. The molecule has 0 saturated heterocycles. The highest BCUT2D eigenvalue weighted by Gasteiger charge is 2.14. The number of carbonyl (C=O) groups excluding carboxylic acids is 1. The summed E-state index contributed by atoms with van der Waals surface area (Å²) in [5.41, 5.74) is 2.24. The van der Waals surface area contributed by atoms with E-state index in [4.69, 9.17) is 0 Å². The summed E-state index contributed by atoms with van der Waals surface area (Å²) in [4.78, 5) is 11.7. The van der Waals surface area contributed by atoms with Gasteiger partial charge in [0.1, 0.15) is 0 Å². The summed E-state index contributed by atoms with van der Waals surface area (Å²) in [5.74, 6) is -0.307. The van der Waals surface area contributed by atoms with Crippen molar-refractivity contribution in [1.29, 1.82) is 0 Å². The van der Waals surface area contributed by atoms with Gasteiger partial charge in [-0.2, -0.15) is 4.31 Å². The molecular weight excluding hydrogens is 264 g/mol. The van der Waals surface area contributed by atoms with Crippen molar-refractivity contribution < 1.29 is 13.2 Å². The Morgan fingerprint density at radius 2 is 1.84 bits per heavy atom. The van der Waals surface area contributed by atoms with E-state index >= 15 is 0 Å². The van der Waals surface area contributed by atoms with Crippen LogP contribution in [0.15, 0.2) is 24.3 Å². The maximum absolute atomic E-state index is 11.7. The minimum absolute atomic E-state index is 0.160. The molecule has 19 heavy (non-hydrogen) atoms. The molecule has 0 atom stereocenters. The molecule has 0 aliphatic carbocycles. The fraction of sp³-hybridized carbons (Fsp3) is 0.462. The fourth-order valence-corrected chi connectivity index (χ4v) is 2.00. The zero-order chi connectivity index (χ0) is 14.5. The van der Waals surface area contributed by atoms with Crippen molar-refractivity contribution in [3.8, 4) is 0 Å². The number of nitrogens with one attached hydrogen (secondary N) is 1. The number of carbonyl (C=O) groups is 1. The van der Waals surface area contributed by atoms with Crippen LogP contribution in [-0.4, -0.2) is 38.5 Å². The molecule has 106 valence electrons. The van der Waals surface area contributed by atoms with Crippen molar-refractivity contribution in [1.82, 2.24) is 9.62 Å². The summed E-state index contributed by atoms with van der Waals surface area (Å²) in [6.45, 7) is 2.31. The average molecular weight is 284 g/mol. The van der Waals surface area contributed by atoms with E-state index < -0.39 is 10.0 Å². The summed E-state index contributed by atoms with van der Waals surface area (Å²) >= 11 is 0. The van der Waals surface area contributed by atoms with E-state index in [9.17, 15) is 13.2 Å². The van der Waals surface area contributed by atoms with Gasteiger partial charge in [0.25, 0.3) is 0 Å². The molecule has 0 bridgehead atoms. The highest BCUT2D eigenvalue weighted by molar-refractivity contribution is 7.88. The summed E-state index contributed by atoms with van der Waals surface area (Å²) in [5, 5.41) is 2.73. The quantitative estimate of drug-likeness (QED) is 0.838. The SMILES string of the molecule is CCc1ccccc1CNC(=O)CN(C)S(C)(=O)=O. The molecule has 0 aliphatic rings. The van der Waals surface area contributed by atoms with Gasteiger partial charge < -0.3 is 5.32 Å². The van der Waals surface area contributed by atoms with Crippen molar-refractivity contribution in [3.63, 3.8) is 0 Å². The van der Waals surface area contributed by atoms with Gasteiger partial charge in [-0.15, -0.1) is 0 Å². The molecule has 1 aromatic rings. The lowest BCUT2D eigenvalue weighted by molar-refractivity contribution is -0.121. The Morgan fingerprint density at radius 1 is 1.26 bits per heavy atom. The third kappa shape index (κ3) is 5.00. The van der Waals surface area contributed by atoms with Crippen LogP contribution >= 0.6 is 0 Å². The molecule has 1 amide bonds. The molecule has 1 N–H and O–H groups in total. The minimum atomic E-state index is -3.32. The van der Waals surface area contributed by atoms with Crippen LogP contribution in [-0.2, 0) is 27.8 Å². The van der Waals surface area contributed by atoms with Crippen LogP contribution in [0.3, 0.4) is 0 Å². The molecule has 0 radical (unpaired) electrons. The van der Waals surface area contributed by atoms with Gasteiger partial charge in [-0.25, -0.2) is 8.42 Å². The van der Waals surface area contributed by atoms with E-state index in [0.29, 0.717) is 6.54 Å². The number of aryl methyl sites for hydroxylation is 1. The molecule has 5 nitrogen and oxygen atoms in total. The van der Waals surface area contributed by atoms with E-state index in [1.54, 1.807) is 0 Å². The monoisotopic (exact) mass is 284 g/mol. The lowest BCUT2D eigenvalue weighted by Crippen LogP contribution is -2.37. The van der Waals surface area contributed by atoms with Gasteiger partial charge in [-0.3, -0.25) is 4.79 Å². The number of nitrogens with zero attached hydrogens (tertiary/aromatic N) is 1. The van der Waals surface area contributed by atoms with Gasteiger partial charge in [0.05, 0.1) is 12.8 Å². The summed E-state index contributed by atoms with van der Waals surface area (Å²) in [7, 11) is -1.94. The Kier molecular flexibility index (Phi) is 5.50. The first-order valence-electron chi connectivity index (χ1n) is 6.09. The first-order valence-corrected chi connectivity index (χ1v) is 7.94. The lowest BCUT2D eigenvalue weighted by atomic mass is 10.1. The van der Waals surface area contributed by atoms with Crippen molar-refractivity contribution in [3.05, 3.63) is 35.4 Å². The Bertz CT molecular complexity index is 541. The lowest BCUT2D eigenvalue weighted by Gasteiger charge is -2.14. The van der Waals surface area contributed by atoms with Crippen LogP contribution in [0.25, 0.3) is 0 Å². The summed E-state index contributed by atoms with van der Waals surface area (Å²) in [6.07, 6.45) is 1.97. The van der Waals surface area contributed by atoms with E-state index in [2.05, 4.69) is 12.2 Å². The van der Waals surface area contributed by atoms with Crippen LogP contribution in [0.4, 0.5) is 0 Å². The van der Waals surface area contributed by atoms with Crippen LogP contribution in [0.5, 0.6) is 0 Å². The molecule has 1 rings (SSSR count). The van der Waals surface area contributed by atoms with Crippen LogP contribution in [0, 0.1) is 0 Å². The normalized spacial score (nSPS) is 11.6. The van der Waals surface area contributed by atoms with E-state index in [1.807, 2.05) is 24.3 Å². The van der Waals surface area contributed by atoms with E-state index in [-0.39, 0.29) is 12.5 Å². The third-order valence-electron chi connectivity index (χ3n) is 2.91. The standard InChI is InChI=1S/C13H20N2O3S/c1-4-11-7-5-6-8-12(11)9-14-13(16)10-15(2)19(3,17)18/h5-8H,4,9-10H2,1-3H3,(H,14,16). The van der Waals surface area contributed by atoms with Gasteiger partial charge in [0, 0.05) is 13.6 Å². The average Bonchev–Trinajstić information content (AvgIpc) is 2.35. The predicted octanol–water partition coefficient (Wildman–Crippen LogP) is 0.757. The largest absolute Gasteiger partial charge is 0.351 e. The zero-order valence-electron chi connectivity index (χ0n) is 11.5. The van der Waals surface area contributed by atoms with Crippen molar-refractivity contribution in [2.75, 3.05) is 19.8 Å². The number of benzene rings is 1. The molecule has 0 unspecified atom stereocenters. The third-order valence-corrected chi connectivity index (χ3v) is 4.17. The molecule has 0 saturated carbocycles. The number of likely N-dealkylation sites (N-methyl/N-ethyl adjacent to an activating group) is 1. The smallest absolute Gasteiger partial charge is 0.235 e. The first kappa shape index (κ1) is 15.7. The Morgan fingerprint density at radius 3 is 2.37 bits per heavy atom. The Labute approximate surface area is 114 Å².